The van der Waals surface area contributed by atoms with Crippen molar-refractivity contribution < 1.29 is 32.6 Å². The summed E-state index contributed by atoms with van der Waals surface area (Å²) in [5.41, 5.74) is 5.51. The smallest absolute Gasteiger partial charge is 0.395 e. The van der Waals surface area contributed by atoms with E-state index >= 15 is 0 Å². The molecule has 4 rings (SSSR count). The highest BCUT2D eigenvalue weighted by Crippen LogP contribution is 2.38. The van der Waals surface area contributed by atoms with Crippen molar-refractivity contribution in [3.8, 4) is 17.0 Å². The summed E-state index contributed by atoms with van der Waals surface area (Å²) < 4.78 is 45.4. The molecule has 0 radical (unpaired) electrons. The lowest BCUT2D eigenvalue weighted by atomic mass is 9.89. The van der Waals surface area contributed by atoms with E-state index in [1.807, 2.05) is 17.0 Å². The zero-order valence-electron chi connectivity index (χ0n) is 22.2. The molecule has 11 heteroatoms. The van der Waals surface area contributed by atoms with Gasteiger partial charge >= 0.3 is 6.18 Å². The summed E-state index contributed by atoms with van der Waals surface area (Å²) in [5.74, 6) is -0.130. The second kappa shape index (κ2) is 11.5. The first-order valence-corrected chi connectivity index (χ1v) is 13.1. The molecule has 2 aliphatic heterocycles. The van der Waals surface area contributed by atoms with Crippen LogP contribution in [0.5, 0.6) is 5.75 Å². The van der Waals surface area contributed by atoms with Gasteiger partial charge in [-0.15, -0.1) is 0 Å². The van der Waals surface area contributed by atoms with Gasteiger partial charge in [0.1, 0.15) is 11.8 Å². The van der Waals surface area contributed by atoms with E-state index in [0.717, 1.165) is 18.4 Å². The Labute approximate surface area is 225 Å². The number of benzene rings is 1. The number of primary amides is 1. The number of rotatable bonds is 8. The van der Waals surface area contributed by atoms with Crippen LogP contribution in [-0.2, 0) is 4.79 Å². The Morgan fingerprint density at radius 2 is 1.77 bits per heavy atom. The van der Waals surface area contributed by atoms with Crippen LogP contribution in [0.4, 0.5) is 13.2 Å². The van der Waals surface area contributed by atoms with E-state index in [1.165, 1.54) is 18.7 Å². The Morgan fingerprint density at radius 3 is 2.33 bits per heavy atom. The Bertz CT molecular complexity index is 1150. The molecule has 8 nitrogen and oxygen atoms in total. The third-order valence-corrected chi connectivity index (χ3v) is 7.61. The number of amides is 2. The molecule has 2 fully saturated rings. The lowest BCUT2D eigenvalue weighted by Gasteiger charge is -2.38. The number of pyridine rings is 1. The summed E-state index contributed by atoms with van der Waals surface area (Å²) in [7, 11) is 0. The van der Waals surface area contributed by atoms with Gasteiger partial charge in [0.15, 0.2) is 0 Å². The maximum absolute atomic E-state index is 13.2. The van der Waals surface area contributed by atoms with Crippen LogP contribution in [0.25, 0.3) is 11.3 Å². The monoisotopic (exact) mass is 548 g/mol. The second-order valence-corrected chi connectivity index (χ2v) is 11.1. The molecule has 2 aliphatic rings. The van der Waals surface area contributed by atoms with Gasteiger partial charge in [0.05, 0.1) is 30.0 Å². The number of nitrogens with zero attached hydrogens (tertiary/aromatic N) is 3. The number of β-amino-alcohol motifs (C(OH)–C–C–N with tert-alkyl or cyclic N) is 1. The lowest BCUT2D eigenvalue weighted by Crippen LogP contribution is -2.46. The van der Waals surface area contributed by atoms with Crippen molar-refractivity contribution in [1.29, 1.82) is 0 Å². The van der Waals surface area contributed by atoms with E-state index in [4.69, 9.17) is 10.5 Å². The number of alkyl halides is 3. The molecule has 212 valence electrons. The van der Waals surface area contributed by atoms with Gasteiger partial charge in [-0.05, 0) is 70.0 Å². The third kappa shape index (κ3) is 6.88. The first kappa shape index (κ1) is 28.8. The minimum Gasteiger partial charge on any atom is -0.492 e. The zero-order valence-corrected chi connectivity index (χ0v) is 22.2. The van der Waals surface area contributed by atoms with Crippen molar-refractivity contribution in [3.63, 3.8) is 0 Å². The topological polar surface area (TPSA) is 109 Å². The molecule has 39 heavy (non-hydrogen) atoms. The van der Waals surface area contributed by atoms with Gasteiger partial charge in [0, 0.05) is 30.6 Å². The van der Waals surface area contributed by atoms with Crippen LogP contribution in [0.15, 0.2) is 42.6 Å². The highest BCUT2D eigenvalue weighted by Gasteiger charge is 2.48. The van der Waals surface area contributed by atoms with E-state index in [-0.39, 0.29) is 31.3 Å². The molecular formula is C28H35F3N4O4. The van der Waals surface area contributed by atoms with Crippen molar-refractivity contribution in [2.75, 3.05) is 32.8 Å². The number of ether oxygens (including phenoxy) is 1. The molecule has 0 aliphatic carbocycles. The van der Waals surface area contributed by atoms with E-state index in [1.54, 1.807) is 30.5 Å². The molecule has 2 atom stereocenters. The van der Waals surface area contributed by atoms with E-state index < -0.39 is 29.6 Å². The van der Waals surface area contributed by atoms with Gasteiger partial charge in [0.25, 0.3) is 5.91 Å². The number of hydrogen-bond donors (Lipinski definition) is 2. The van der Waals surface area contributed by atoms with E-state index in [0.29, 0.717) is 36.7 Å². The maximum atomic E-state index is 13.2. The average molecular weight is 549 g/mol. The van der Waals surface area contributed by atoms with Crippen LogP contribution < -0.4 is 10.5 Å². The summed E-state index contributed by atoms with van der Waals surface area (Å²) in [6.07, 6.45) is -1.68. The molecule has 0 saturated carbocycles. The fourth-order valence-electron chi connectivity index (χ4n) is 5.07. The van der Waals surface area contributed by atoms with Crippen molar-refractivity contribution in [3.05, 3.63) is 48.2 Å². The van der Waals surface area contributed by atoms with Gasteiger partial charge in [-0.1, -0.05) is 12.1 Å². The average Bonchev–Trinajstić information content (AvgIpc) is 3.29. The number of carbonyl (C=O) groups is 2. The molecule has 2 saturated heterocycles. The molecule has 0 spiro atoms. The fraction of sp³-hybridized carbons (Fsp3) is 0.536. The predicted octanol–water partition coefficient (Wildman–Crippen LogP) is 3.49. The van der Waals surface area contributed by atoms with Gasteiger partial charge in [-0.25, -0.2) is 0 Å². The number of carbonyl (C=O) groups excluding carboxylic acids is 2. The van der Waals surface area contributed by atoms with Crippen molar-refractivity contribution in [2.24, 2.45) is 17.1 Å². The van der Waals surface area contributed by atoms with Crippen LogP contribution in [0.2, 0.25) is 0 Å². The number of hydrogen-bond acceptors (Lipinski definition) is 6. The fourth-order valence-corrected chi connectivity index (χ4v) is 5.07. The van der Waals surface area contributed by atoms with Crippen molar-refractivity contribution in [2.45, 2.75) is 51.4 Å². The number of aromatic nitrogens is 1. The molecule has 1 unspecified atom stereocenters. The van der Waals surface area contributed by atoms with Gasteiger partial charge in [-0.3, -0.25) is 14.6 Å². The number of aliphatic hydroxyl groups excluding tert-OH is 1. The third-order valence-electron chi connectivity index (χ3n) is 7.61. The Hall–Kier alpha value is -3.18. The number of likely N-dealkylation sites (tertiary alicyclic amines) is 2. The molecular weight excluding hydrogens is 513 g/mol. The molecule has 1 aromatic carbocycles. The second-order valence-electron chi connectivity index (χ2n) is 11.1. The number of aliphatic hydroxyl groups is 1. The number of nitrogens with two attached hydrogens (primary N) is 1. The molecule has 3 heterocycles. The summed E-state index contributed by atoms with van der Waals surface area (Å²) in [4.78, 5) is 32.1. The van der Waals surface area contributed by atoms with Crippen LogP contribution in [0, 0.1) is 11.3 Å². The summed E-state index contributed by atoms with van der Waals surface area (Å²) in [6, 6.07) is 9.62. The van der Waals surface area contributed by atoms with Crippen LogP contribution in [0.3, 0.4) is 0 Å². The summed E-state index contributed by atoms with van der Waals surface area (Å²) >= 11 is 0. The van der Waals surface area contributed by atoms with Crippen molar-refractivity contribution in [1.82, 2.24) is 14.8 Å². The highest BCUT2D eigenvalue weighted by atomic mass is 19.4. The molecule has 2 aromatic rings. The molecule has 1 aromatic heterocycles. The number of halogens is 3. The normalized spacial score (nSPS) is 21.2. The minimum atomic E-state index is -4.22. The summed E-state index contributed by atoms with van der Waals surface area (Å²) in [6.45, 7) is 4.26. The number of piperidine rings is 1. The molecule has 3 N–H and O–H groups in total. The van der Waals surface area contributed by atoms with Crippen molar-refractivity contribution >= 4 is 11.8 Å². The van der Waals surface area contributed by atoms with E-state index in [2.05, 4.69) is 4.98 Å². The first-order chi connectivity index (χ1) is 18.3. The SMILES string of the molecule is CC(C)(CN1CCC(COc2ccc(-c3ccc(C(=O)N4C[C@H](O)CC4C(N)=O)cc3)nc2)CC1)C(F)(F)F. The van der Waals surface area contributed by atoms with Gasteiger partial charge in [0.2, 0.25) is 5.91 Å². The first-order valence-electron chi connectivity index (χ1n) is 13.1. The molecule has 0 bridgehead atoms. The Morgan fingerprint density at radius 1 is 1.10 bits per heavy atom. The summed E-state index contributed by atoms with van der Waals surface area (Å²) in [5, 5.41) is 9.86. The van der Waals surface area contributed by atoms with Crippen LogP contribution in [-0.4, -0.2) is 82.8 Å². The zero-order chi connectivity index (χ0) is 28.4. The Kier molecular flexibility index (Phi) is 8.51. The van der Waals surface area contributed by atoms with Gasteiger partial charge in [-0.2, -0.15) is 13.2 Å². The lowest BCUT2D eigenvalue weighted by molar-refractivity contribution is -0.217. The standard InChI is InChI=1S/C28H35F3N4O4/c1-27(2,28(29,30)31)17-34-11-9-18(10-12-34)16-39-22-7-8-23(33-14-22)19-3-5-20(6-4-19)26(38)35-15-21(36)13-24(35)25(32)37/h3-8,14,18,21,24,36H,9-13,15-17H2,1-2H3,(H2,32,37)/t21-,24?/m1/s1. The van der Waals surface area contributed by atoms with Gasteiger partial charge < -0.3 is 25.4 Å². The largest absolute Gasteiger partial charge is 0.492 e. The predicted molar refractivity (Wildman–Crippen MR) is 139 cm³/mol. The minimum absolute atomic E-state index is 0.000125. The van der Waals surface area contributed by atoms with Crippen LogP contribution >= 0.6 is 0 Å². The van der Waals surface area contributed by atoms with E-state index in [9.17, 15) is 27.9 Å². The quantitative estimate of drug-likeness (QED) is 0.523. The maximum Gasteiger partial charge on any atom is 0.395 e. The van der Waals surface area contributed by atoms with Crippen LogP contribution in [0.1, 0.15) is 43.5 Å². The highest BCUT2D eigenvalue weighted by molar-refractivity contribution is 5.98. The molecule has 2 amide bonds. The Balaban J connectivity index is 1.27.